The van der Waals surface area contributed by atoms with Gasteiger partial charge in [0.1, 0.15) is 11.5 Å². The van der Waals surface area contributed by atoms with Crippen molar-refractivity contribution >= 4 is 17.2 Å². The van der Waals surface area contributed by atoms with Crippen LogP contribution in [0.2, 0.25) is 0 Å². The van der Waals surface area contributed by atoms with Crippen LogP contribution in [0.15, 0.2) is 58.9 Å². The van der Waals surface area contributed by atoms with E-state index in [2.05, 4.69) is 15.2 Å². The summed E-state index contributed by atoms with van der Waals surface area (Å²) in [6.45, 7) is 0.442. The number of ketones is 1. The first-order valence-electron chi connectivity index (χ1n) is 8.06. The van der Waals surface area contributed by atoms with Crippen LogP contribution in [0.5, 0.6) is 5.75 Å². The van der Waals surface area contributed by atoms with Crippen molar-refractivity contribution < 1.29 is 9.53 Å². The molecule has 0 radical (unpaired) electrons. The fraction of sp³-hybridized carbons (Fsp3) is 0.263. The molecular formula is C19H17N3O2. The summed E-state index contributed by atoms with van der Waals surface area (Å²) < 4.78 is 5.71. The molecule has 1 unspecified atom stereocenters. The molecule has 0 fully saturated rings. The van der Waals surface area contributed by atoms with Gasteiger partial charge in [-0.1, -0.05) is 24.3 Å². The molecule has 5 nitrogen and oxygen atoms in total. The fourth-order valence-electron chi connectivity index (χ4n) is 3.05. The lowest BCUT2D eigenvalue weighted by Gasteiger charge is -2.24. The van der Waals surface area contributed by atoms with Crippen LogP contribution < -0.4 is 4.74 Å². The molecule has 24 heavy (non-hydrogen) atoms. The van der Waals surface area contributed by atoms with Gasteiger partial charge in [0.25, 0.3) is 0 Å². The second kappa shape index (κ2) is 6.35. The summed E-state index contributed by atoms with van der Waals surface area (Å²) in [6.07, 6.45) is 3.39. The van der Waals surface area contributed by atoms with E-state index in [4.69, 9.17) is 4.74 Å². The summed E-state index contributed by atoms with van der Waals surface area (Å²) in [5.41, 5.74) is 3.54. The van der Waals surface area contributed by atoms with Gasteiger partial charge in [0.15, 0.2) is 0 Å². The number of fused-ring (bicyclic) bond motifs is 1. The molecule has 0 N–H and O–H groups in total. The van der Waals surface area contributed by atoms with Gasteiger partial charge in [-0.05, 0) is 30.2 Å². The number of carbonyl (C=O) groups excluding carboxylic acids is 1. The number of benzene rings is 1. The largest absolute Gasteiger partial charge is 0.493 e. The van der Waals surface area contributed by atoms with Gasteiger partial charge in [-0.25, -0.2) is 0 Å². The molecule has 4 rings (SSSR count). The third kappa shape index (κ3) is 2.97. The van der Waals surface area contributed by atoms with Crippen molar-refractivity contribution in [3.63, 3.8) is 0 Å². The number of hydrogen-bond donors (Lipinski definition) is 0. The lowest BCUT2D eigenvalue weighted by molar-refractivity contribution is -0.122. The van der Waals surface area contributed by atoms with Crippen molar-refractivity contribution in [3.05, 3.63) is 59.9 Å². The molecule has 2 aromatic rings. The van der Waals surface area contributed by atoms with Crippen molar-refractivity contribution in [1.82, 2.24) is 4.98 Å². The van der Waals surface area contributed by atoms with E-state index in [1.807, 2.05) is 42.5 Å². The van der Waals surface area contributed by atoms with E-state index in [0.717, 1.165) is 34.9 Å². The number of pyridine rings is 1. The second-order valence-electron chi connectivity index (χ2n) is 6.07. The van der Waals surface area contributed by atoms with E-state index in [9.17, 15) is 4.79 Å². The monoisotopic (exact) mass is 319 g/mol. The molecule has 120 valence electrons. The molecule has 0 saturated carbocycles. The van der Waals surface area contributed by atoms with Gasteiger partial charge in [0.2, 0.25) is 0 Å². The van der Waals surface area contributed by atoms with Gasteiger partial charge < -0.3 is 4.74 Å². The van der Waals surface area contributed by atoms with E-state index in [0.29, 0.717) is 19.4 Å². The summed E-state index contributed by atoms with van der Waals surface area (Å²) in [7, 11) is 0. The molecule has 5 heteroatoms. The molecule has 2 aliphatic heterocycles. The standard InChI is InChI=1S/C19H17N3O2/c23-18(14-9-13-5-1-2-7-19(13)24-12-14)11-15-10-17(22-21-15)16-6-3-4-8-20-16/h1-8,14H,9-12H2. The molecule has 3 heterocycles. The smallest absolute Gasteiger partial charge is 0.145 e. The van der Waals surface area contributed by atoms with Crippen LogP contribution in [-0.2, 0) is 11.2 Å². The van der Waals surface area contributed by atoms with Gasteiger partial charge in [0, 0.05) is 19.0 Å². The number of hydrogen-bond acceptors (Lipinski definition) is 5. The van der Waals surface area contributed by atoms with Crippen LogP contribution in [0.25, 0.3) is 0 Å². The SMILES string of the molecule is O=C(CC1=NN=C(c2ccccn2)C1)C1COc2ccccc2C1. The molecule has 1 atom stereocenters. The molecular weight excluding hydrogens is 302 g/mol. The maximum Gasteiger partial charge on any atom is 0.145 e. The molecule has 1 aromatic heterocycles. The third-order valence-corrected chi connectivity index (χ3v) is 4.36. The number of Topliss-reactive ketones (excluding diaryl/α,β-unsaturated/α-hetero) is 1. The molecule has 2 aliphatic rings. The average Bonchev–Trinajstić information content (AvgIpc) is 3.10. The Hall–Kier alpha value is -2.82. The molecule has 0 spiro atoms. The van der Waals surface area contributed by atoms with Gasteiger partial charge >= 0.3 is 0 Å². The van der Waals surface area contributed by atoms with Crippen molar-refractivity contribution in [2.45, 2.75) is 19.3 Å². The minimum Gasteiger partial charge on any atom is -0.493 e. The van der Waals surface area contributed by atoms with E-state index in [1.54, 1.807) is 6.20 Å². The maximum atomic E-state index is 12.6. The number of para-hydroxylation sites is 1. The van der Waals surface area contributed by atoms with Crippen LogP contribution in [-0.4, -0.2) is 28.8 Å². The topological polar surface area (TPSA) is 63.9 Å². The van der Waals surface area contributed by atoms with Crippen LogP contribution in [0.3, 0.4) is 0 Å². The van der Waals surface area contributed by atoms with E-state index in [-0.39, 0.29) is 11.7 Å². The first-order chi connectivity index (χ1) is 11.8. The summed E-state index contributed by atoms with van der Waals surface area (Å²) >= 11 is 0. The average molecular weight is 319 g/mol. The zero-order valence-corrected chi connectivity index (χ0v) is 13.2. The van der Waals surface area contributed by atoms with Gasteiger partial charge in [-0.15, -0.1) is 0 Å². The first kappa shape index (κ1) is 14.8. The lowest BCUT2D eigenvalue weighted by Crippen LogP contribution is -2.29. The zero-order valence-electron chi connectivity index (χ0n) is 13.2. The second-order valence-corrected chi connectivity index (χ2v) is 6.07. The Balaban J connectivity index is 1.37. The molecule has 1 aromatic carbocycles. The predicted molar refractivity (Wildman–Crippen MR) is 91.6 cm³/mol. The molecule has 0 amide bonds. The van der Waals surface area contributed by atoms with Crippen molar-refractivity contribution in [2.24, 2.45) is 16.1 Å². The zero-order chi connectivity index (χ0) is 16.4. The van der Waals surface area contributed by atoms with Crippen molar-refractivity contribution in [3.8, 4) is 5.75 Å². The number of ether oxygens (including phenoxy) is 1. The highest BCUT2D eigenvalue weighted by atomic mass is 16.5. The Morgan fingerprint density at radius 2 is 2.00 bits per heavy atom. The van der Waals surface area contributed by atoms with Gasteiger partial charge in [-0.3, -0.25) is 9.78 Å². The summed E-state index contributed by atoms with van der Waals surface area (Å²) in [4.78, 5) is 16.9. The molecule has 0 aliphatic carbocycles. The summed E-state index contributed by atoms with van der Waals surface area (Å²) in [6, 6.07) is 13.6. The normalized spacial score (nSPS) is 19.1. The number of rotatable bonds is 4. The highest BCUT2D eigenvalue weighted by Gasteiger charge is 2.27. The Kier molecular flexibility index (Phi) is 3.91. The Labute approximate surface area is 140 Å². The molecule has 0 bridgehead atoms. The minimum atomic E-state index is -0.110. The highest BCUT2D eigenvalue weighted by molar-refractivity contribution is 6.18. The van der Waals surface area contributed by atoms with Crippen LogP contribution in [0.1, 0.15) is 24.1 Å². The third-order valence-electron chi connectivity index (χ3n) is 4.36. The van der Waals surface area contributed by atoms with E-state index in [1.165, 1.54) is 0 Å². The fourth-order valence-corrected chi connectivity index (χ4v) is 3.05. The van der Waals surface area contributed by atoms with Gasteiger partial charge in [-0.2, -0.15) is 10.2 Å². The predicted octanol–water partition coefficient (Wildman–Crippen LogP) is 2.84. The summed E-state index contributed by atoms with van der Waals surface area (Å²) in [5.74, 6) is 0.947. The Morgan fingerprint density at radius 3 is 2.88 bits per heavy atom. The number of carbonyl (C=O) groups is 1. The Morgan fingerprint density at radius 1 is 1.12 bits per heavy atom. The molecule has 0 saturated heterocycles. The Bertz CT molecular complexity index is 828. The van der Waals surface area contributed by atoms with Crippen LogP contribution >= 0.6 is 0 Å². The maximum absolute atomic E-state index is 12.6. The summed E-state index contributed by atoms with van der Waals surface area (Å²) in [5, 5.41) is 8.36. The van der Waals surface area contributed by atoms with Crippen molar-refractivity contribution in [1.29, 1.82) is 0 Å². The highest BCUT2D eigenvalue weighted by Crippen LogP contribution is 2.28. The lowest BCUT2D eigenvalue weighted by atomic mass is 9.90. The van der Waals surface area contributed by atoms with Crippen LogP contribution in [0.4, 0.5) is 0 Å². The van der Waals surface area contributed by atoms with E-state index >= 15 is 0 Å². The van der Waals surface area contributed by atoms with Crippen LogP contribution in [0, 0.1) is 5.92 Å². The minimum absolute atomic E-state index is 0.110. The number of aromatic nitrogens is 1. The van der Waals surface area contributed by atoms with Crippen molar-refractivity contribution in [2.75, 3.05) is 6.61 Å². The first-order valence-corrected chi connectivity index (χ1v) is 8.06. The van der Waals surface area contributed by atoms with E-state index < -0.39 is 0 Å². The quantitative estimate of drug-likeness (QED) is 0.870. The number of nitrogens with zero attached hydrogens (tertiary/aromatic N) is 3. The van der Waals surface area contributed by atoms with Gasteiger partial charge in [0.05, 0.1) is 29.6 Å².